The molecule has 2 atom stereocenters. The van der Waals surface area contributed by atoms with E-state index in [4.69, 9.17) is 9.47 Å². The number of nitrogens with one attached hydrogen (secondary N) is 3. The zero-order valence-corrected chi connectivity index (χ0v) is 24.2. The van der Waals surface area contributed by atoms with Crippen LogP contribution in [0.25, 0.3) is 11.1 Å². The van der Waals surface area contributed by atoms with Crippen LogP contribution in [0.3, 0.4) is 0 Å². The lowest BCUT2D eigenvalue weighted by Crippen LogP contribution is -2.50. The monoisotopic (exact) mass is 596 g/mol. The van der Waals surface area contributed by atoms with Gasteiger partial charge < -0.3 is 30.5 Å². The molecule has 0 saturated carbocycles. The summed E-state index contributed by atoms with van der Waals surface area (Å²) < 4.78 is 11.1. The van der Waals surface area contributed by atoms with Gasteiger partial charge in [0.15, 0.2) is 0 Å². The van der Waals surface area contributed by atoms with Crippen LogP contribution in [-0.4, -0.2) is 53.9 Å². The highest BCUT2D eigenvalue weighted by molar-refractivity contribution is 5.86. The topological polar surface area (TPSA) is 139 Å². The number of hydrogen-bond donors (Lipinski definition) is 4. The molecule has 4 rings (SSSR count). The Morgan fingerprint density at radius 2 is 1.48 bits per heavy atom. The van der Waals surface area contributed by atoms with Crippen molar-refractivity contribution in [3.05, 3.63) is 120 Å². The summed E-state index contributed by atoms with van der Waals surface area (Å²) in [5.74, 6) is -0.953. The summed E-state index contributed by atoms with van der Waals surface area (Å²) in [6, 6.07) is 30.1. The number of nitrogens with zero attached hydrogens (tertiary/aromatic N) is 1. The minimum absolute atomic E-state index is 0.111. The molecular weight excluding hydrogens is 560 g/mol. The van der Waals surface area contributed by atoms with Gasteiger partial charge in [-0.1, -0.05) is 91.0 Å². The Hall–Kier alpha value is -5.22. The number of aliphatic carboxylic acids is 1. The molecule has 4 aromatic rings. The second kappa shape index (κ2) is 17.0. The van der Waals surface area contributed by atoms with Crippen LogP contribution < -0.4 is 16.0 Å². The summed E-state index contributed by atoms with van der Waals surface area (Å²) in [7, 11) is 0. The third kappa shape index (κ3) is 10.6. The maximum absolute atomic E-state index is 13.4. The lowest BCUT2D eigenvalue weighted by molar-refractivity contribution is -0.138. The van der Waals surface area contributed by atoms with Crippen molar-refractivity contribution in [1.82, 2.24) is 15.6 Å². The molecule has 0 radical (unpaired) electrons. The first kappa shape index (κ1) is 31.7. The Balaban J connectivity index is 1.37. The number of hydrogen-bond acceptors (Lipinski definition) is 7. The second-order valence-corrected chi connectivity index (χ2v) is 9.98. The van der Waals surface area contributed by atoms with Crippen LogP contribution in [0.5, 0.6) is 0 Å². The number of amides is 2. The predicted molar refractivity (Wildman–Crippen MR) is 167 cm³/mol. The summed E-state index contributed by atoms with van der Waals surface area (Å²) >= 11 is 0. The molecule has 1 heterocycles. The zero-order chi connectivity index (χ0) is 31.0. The average Bonchev–Trinajstić information content (AvgIpc) is 3.05. The van der Waals surface area contributed by atoms with Crippen molar-refractivity contribution >= 4 is 23.8 Å². The molecule has 4 N–H and O–H groups in total. The van der Waals surface area contributed by atoms with E-state index in [-0.39, 0.29) is 26.2 Å². The maximum atomic E-state index is 13.4. The first-order valence-corrected chi connectivity index (χ1v) is 14.4. The lowest BCUT2D eigenvalue weighted by Gasteiger charge is -2.23. The van der Waals surface area contributed by atoms with Gasteiger partial charge in [0.05, 0.1) is 32.3 Å². The molecule has 10 heteroatoms. The molecule has 0 bridgehead atoms. The van der Waals surface area contributed by atoms with Gasteiger partial charge in [-0.15, -0.1) is 0 Å². The quantitative estimate of drug-likeness (QED) is 0.130. The summed E-state index contributed by atoms with van der Waals surface area (Å²) in [4.78, 5) is 42.0. The van der Waals surface area contributed by atoms with E-state index in [2.05, 4.69) is 20.9 Å². The molecule has 0 saturated heterocycles. The van der Waals surface area contributed by atoms with Crippen molar-refractivity contribution in [1.29, 1.82) is 0 Å². The third-order valence-corrected chi connectivity index (χ3v) is 6.65. The molecular formula is C34H36N4O6. The third-order valence-electron chi connectivity index (χ3n) is 6.65. The molecule has 1 aromatic heterocycles. The molecule has 2 amide bonds. The van der Waals surface area contributed by atoms with Crippen LogP contribution >= 0.6 is 0 Å². The molecule has 3 aromatic carbocycles. The fourth-order valence-corrected chi connectivity index (χ4v) is 4.39. The zero-order valence-electron chi connectivity index (χ0n) is 24.2. The smallest absolute Gasteiger partial charge is 0.407 e. The number of rotatable bonds is 16. The molecule has 0 fully saturated rings. The van der Waals surface area contributed by atoms with Gasteiger partial charge >= 0.3 is 12.1 Å². The van der Waals surface area contributed by atoms with Crippen molar-refractivity contribution in [2.24, 2.45) is 0 Å². The highest BCUT2D eigenvalue weighted by Gasteiger charge is 2.26. The molecule has 0 aliphatic rings. The van der Waals surface area contributed by atoms with Crippen LogP contribution in [0.1, 0.15) is 30.0 Å². The summed E-state index contributed by atoms with van der Waals surface area (Å²) in [5.41, 5.74) is 3.49. The van der Waals surface area contributed by atoms with Crippen LogP contribution in [0.2, 0.25) is 0 Å². The van der Waals surface area contributed by atoms with Gasteiger partial charge in [0.1, 0.15) is 11.9 Å². The van der Waals surface area contributed by atoms with Crippen molar-refractivity contribution in [3.63, 3.8) is 0 Å². The van der Waals surface area contributed by atoms with Crippen LogP contribution in [0.15, 0.2) is 109 Å². The van der Waals surface area contributed by atoms with E-state index in [1.54, 1.807) is 18.3 Å². The van der Waals surface area contributed by atoms with Gasteiger partial charge in [-0.3, -0.25) is 9.59 Å². The summed E-state index contributed by atoms with van der Waals surface area (Å²) in [5, 5.41) is 18.1. The van der Waals surface area contributed by atoms with Crippen LogP contribution in [-0.2, 0) is 25.7 Å². The number of pyridine rings is 1. The number of carboxylic acid groups (broad SMARTS) is 1. The maximum Gasteiger partial charge on any atom is 0.407 e. The minimum atomic E-state index is -1.13. The number of benzene rings is 3. The first-order valence-electron chi connectivity index (χ1n) is 14.4. The van der Waals surface area contributed by atoms with E-state index in [9.17, 15) is 19.5 Å². The molecule has 2 unspecified atom stereocenters. The Bertz CT molecular complexity index is 1450. The van der Waals surface area contributed by atoms with E-state index in [0.717, 1.165) is 22.5 Å². The Kier molecular flexibility index (Phi) is 12.3. The number of carbonyl (C=O) groups is 3. The van der Waals surface area contributed by atoms with E-state index in [1.807, 2.05) is 91.0 Å². The number of alkyl carbamates (subject to hydrolysis) is 1. The molecule has 0 aliphatic heterocycles. The van der Waals surface area contributed by atoms with E-state index < -0.39 is 30.1 Å². The number of carbonyl (C=O) groups excluding carboxylic acids is 2. The van der Waals surface area contributed by atoms with E-state index in [0.29, 0.717) is 18.5 Å². The lowest BCUT2D eigenvalue weighted by atomic mass is 9.99. The van der Waals surface area contributed by atoms with Crippen molar-refractivity contribution < 1.29 is 29.0 Å². The van der Waals surface area contributed by atoms with E-state index in [1.165, 1.54) is 0 Å². The fourth-order valence-electron chi connectivity index (χ4n) is 4.39. The highest BCUT2D eigenvalue weighted by atomic mass is 16.5. The molecule has 44 heavy (non-hydrogen) atoms. The van der Waals surface area contributed by atoms with Gasteiger partial charge in [-0.25, -0.2) is 9.78 Å². The van der Waals surface area contributed by atoms with E-state index >= 15 is 0 Å². The highest BCUT2D eigenvalue weighted by Crippen LogP contribution is 2.23. The van der Waals surface area contributed by atoms with Crippen molar-refractivity contribution in [3.8, 4) is 11.1 Å². The Morgan fingerprint density at radius 3 is 2.16 bits per heavy atom. The SMILES string of the molecule is O=C(O)CC(NC(=O)C(COCc1ccccc1)NC(=O)OCCCNc1ccccn1)c1ccc(-c2ccccc2)cc1. The predicted octanol–water partition coefficient (Wildman–Crippen LogP) is 5.19. The van der Waals surface area contributed by atoms with Crippen LogP contribution in [0.4, 0.5) is 10.6 Å². The number of anilines is 1. The summed E-state index contributed by atoms with van der Waals surface area (Å²) in [6.45, 7) is 0.721. The molecule has 228 valence electrons. The standard InChI is InChI=1S/C34H36N4O6/c39-32(40)22-29(28-17-15-27(16-18-28)26-12-5-2-6-13-26)37-33(41)30(24-43-23-25-10-3-1-4-11-25)38-34(42)44-21-9-20-36-31-14-7-8-19-35-31/h1-8,10-19,29-30H,9,20-24H2,(H,35,36)(H,37,41)(H,38,42)(H,39,40). The number of ether oxygens (including phenoxy) is 2. The summed E-state index contributed by atoms with van der Waals surface area (Å²) in [6.07, 6.45) is 1.07. The van der Waals surface area contributed by atoms with Crippen molar-refractivity contribution in [2.45, 2.75) is 31.5 Å². The van der Waals surface area contributed by atoms with Gasteiger partial charge in [0.25, 0.3) is 0 Å². The largest absolute Gasteiger partial charge is 0.481 e. The van der Waals surface area contributed by atoms with Crippen LogP contribution in [0, 0.1) is 0 Å². The van der Waals surface area contributed by atoms with Gasteiger partial charge in [0.2, 0.25) is 5.91 Å². The Labute approximate surface area is 256 Å². The van der Waals surface area contributed by atoms with Gasteiger partial charge in [-0.2, -0.15) is 0 Å². The molecule has 0 aliphatic carbocycles. The van der Waals surface area contributed by atoms with Crippen molar-refractivity contribution in [2.75, 3.05) is 25.1 Å². The average molecular weight is 597 g/mol. The fraction of sp³-hybridized carbons (Fsp3) is 0.235. The normalized spacial score (nSPS) is 12.0. The molecule has 0 spiro atoms. The first-order chi connectivity index (χ1) is 21.5. The molecule has 10 nitrogen and oxygen atoms in total. The second-order valence-electron chi connectivity index (χ2n) is 9.98. The number of carboxylic acids is 1. The number of aromatic nitrogens is 1. The van der Waals surface area contributed by atoms with Gasteiger partial charge in [0, 0.05) is 12.7 Å². The minimum Gasteiger partial charge on any atom is -0.481 e. The van der Waals surface area contributed by atoms with Gasteiger partial charge in [-0.05, 0) is 40.8 Å². The Morgan fingerprint density at radius 1 is 0.795 bits per heavy atom.